The van der Waals surface area contributed by atoms with Crippen LogP contribution in [-0.2, 0) is 6.42 Å². The third-order valence-corrected chi connectivity index (χ3v) is 3.98. The van der Waals surface area contributed by atoms with E-state index in [1.54, 1.807) is 11.3 Å². The first-order chi connectivity index (χ1) is 8.33. The summed E-state index contributed by atoms with van der Waals surface area (Å²) in [7, 11) is 0. The molecule has 2 aromatic heterocycles. The van der Waals surface area contributed by atoms with Gasteiger partial charge >= 0.3 is 0 Å². The second-order valence-corrected chi connectivity index (χ2v) is 5.50. The number of fused-ring (bicyclic) bond motifs is 1. The maximum absolute atomic E-state index is 6.38. The Morgan fingerprint density at radius 3 is 2.82 bits per heavy atom. The fraction of sp³-hybridized carbons (Fsp3) is 0.143. The Hall–Kier alpha value is -1.25. The molecule has 3 rings (SSSR count). The molecule has 1 unspecified atom stereocenters. The Bertz CT molecular complexity index is 579. The first-order valence-corrected chi connectivity index (χ1v) is 6.79. The third-order valence-electron chi connectivity index (χ3n) is 2.71. The number of halogens is 1. The molecule has 0 saturated heterocycles. The van der Waals surface area contributed by atoms with Gasteiger partial charge in [-0.15, -0.1) is 22.9 Å². The predicted octanol–water partition coefficient (Wildman–Crippen LogP) is 5.02. The maximum Gasteiger partial charge on any atom is 0.134 e. The Kier molecular flexibility index (Phi) is 2.91. The molecule has 0 saturated carbocycles. The summed E-state index contributed by atoms with van der Waals surface area (Å²) >= 11 is 8.11. The fourth-order valence-corrected chi connectivity index (χ4v) is 2.98. The van der Waals surface area contributed by atoms with Crippen LogP contribution in [0.3, 0.4) is 0 Å². The summed E-state index contributed by atoms with van der Waals surface area (Å²) in [5.41, 5.74) is 0.902. The van der Waals surface area contributed by atoms with Crippen LogP contribution < -0.4 is 0 Å². The molecule has 0 amide bonds. The van der Waals surface area contributed by atoms with E-state index < -0.39 is 0 Å². The lowest BCUT2D eigenvalue weighted by Crippen LogP contribution is -1.91. The van der Waals surface area contributed by atoms with Crippen LogP contribution in [0.2, 0.25) is 0 Å². The van der Waals surface area contributed by atoms with Crippen molar-refractivity contribution < 1.29 is 4.42 Å². The lowest BCUT2D eigenvalue weighted by atomic mass is 10.2. The zero-order valence-electron chi connectivity index (χ0n) is 9.10. The molecule has 1 aromatic carbocycles. The van der Waals surface area contributed by atoms with Gasteiger partial charge in [0.15, 0.2) is 0 Å². The number of alkyl halides is 1. The van der Waals surface area contributed by atoms with Gasteiger partial charge in [0.1, 0.15) is 11.3 Å². The van der Waals surface area contributed by atoms with Gasteiger partial charge in [0.25, 0.3) is 0 Å². The molecule has 2 heterocycles. The highest BCUT2D eigenvalue weighted by atomic mass is 35.5. The number of furan rings is 1. The molecule has 1 nitrogen and oxygen atoms in total. The van der Waals surface area contributed by atoms with Crippen LogP contribution >= 0.6 is 22.9 Å². The van der Waals surface area contributed by atoms with Gasteiger partial charge in [0.05, 0.1) is 5.38 Å². The first-order valence-electron chi connectivity index (χ1n) is 5.48. The van der Waals surface area contributed by atoms with E-state index >= 15 is 0 Å². The van der Waals surface area contributed by atoms with Crippen molar-refractivity contribution in [2.24, 2.45) is 0 Å². The smallest absolute Gasteiger partial charge is 0.134 e. The minimum atomic E-state index is -0.0962. The summed E-state index contributed by atoms with van der Waals surface area (Å²) in [5, 5.41) is 3.08. The number of hydrogen-bond donors (Lipinski definition) is 0. The van der Waals surface area contributed by atoms with Crippen molar-refractivity contribution in [3.05, 3.63) is 58.5 Å². The molecular weight excluding hydrogens is 252 g/mol. The van der Waals surface area contributed by atoms with Crippen LogP contribution in [0.5, 0.6) is 0 Å². The van der Waals surface area contributed by atoms with Crippen LogP contribution in [0.4, 0.5) is 0 Å². The Morgan fingerprint density at radius 1 is 1.18 bits per heavy atom. The number of hydrogen-bond acceptors (Lipinski definition) is 2. The van der Waals surface area contributed by atoms with E-state index in [1.165, 1.54) is 4.88 Å². The molecule has 0 bridgehead atoms. The number of thiophene rings is 1. The zero-order valence-corrected chi connectivity index (χ0v) is 10.7. The summed E-state index contributed by atoms with van der Waals surface area (Å²) in [6, 6.07) is 14.2. The lowest BCUT2D eigenvalue weighted by Gasteiger charge is -2.03. The molecule has 1 atom stereocenters. The molecule has 3 heteroatoms. The molecule has 0 N–H and O–H groups in total. The first kappa shape index (κ1) is 10.9. The van der Waals surface area contributed by atoms with Crippen molar-refractivity contribution >= 4 is 33.9 Å². The molecular formula is C14H11ClOS. The van der Waals surface area contributed by atoms with Gasteiger partial charge in [-0.25, -0.2) is 0 Å². The van der Waals surface area contributed by atoms with Crippen LogP contribution in [0, 0.1) is 0 Å². The highest BCUT2D eigenvalue weighted by Crippen LogP contribution is 2.31. The summed E-state index contributed by atoms with van der Waals surface area (Å²) in [5.74, 6) is 0.848. The number of para-hydroxylation sites is 1. The van der Waals surface area contributed by atoms with Gasteiger partial charge in [0.2, 0.25) is 0 Å². The van der Waals surface area contributed by atoms with Crippen LogP contribution in [0.15, 0.2) is 52.3 Å². The third kappa shape index (κ3) is 2.24. The molecule has 0 aliphatic carbocycles. The summed E-state index contributed by atoms with van der Waals surface area (Å²) in [6.07, 6.45) is 0.818. The Balaban J connectivity index is 1.88. The van der Waals surface area contributed by atoms with E-state index in [4.69, 9.17) is 16.0 Å². The summed E-state index contributed by atoms with van der Waals surface area (Å²) in [6.45, 7) is 0. The monoisotopic (exact) mass is 262 g/mol. The molecule has 0 aliphatic heterocycles. The molecule has 0 aliphatic rings. The van der Waals surface area contributed by atoms with E-state index in [-0.39, 0.29) is 5.38 Å². The van der Waals surface area contributed by atoms with Gasteiger partial charge in [-0.2, -0.15) is 0 Å². The van der Waals surface area contributed by atoms with Crippen LogP contribution in [0.25, 0.3) is 11.0 Å². The standard InChI is InChI=1S/C14H11ClOS/c15-12(9-11-5-3-7-17-11)14-8-10-4-1-2-6-13(10)16-14/h1-8,12H,9H2. The number of benzene rings is 1. The van der Waals surface area contributed by atoms with Crippen molar-refractivity contribution in [1.82, 2.24) is 0 Å². The Labute approximate surface area is 109 Å². The van der Waals surface area contributed by atoms with Gasteiger partial charge in [-0.05, 0) is 23.6 Å². The van der Waals surface area contributed by atoms with E-state index in [0.717, 1.165) is 23.2 Å². The highest BCUT2D eigenvalue weighted by Gasteiger charge is 2.14. The minimum Gasteiger partial charge on any atom is -0.459 e. The van der Waals surface area contributed by atoms with E-state index in [9.17, 15) is 0 Å². The largest absolute Gasteiger partial charge is 0.459 e. The van der Waals surface area contributed by atoms with Gasteiger partial charge in [-0.1, -0.05) is 24.3 Å². The minimum absolute atomic E-state index is 0.0962. The molecule has 0 spiro atoms. The molecule has 17 heavy (non-hydrogen) atoms. The average molecular weight is 263 g/mol. The highest BCUT2D eigenvalue weighted by molar-refractivity contribution is 7.09. The normalized spacial score (nSPS) is 13.0. The van der Waals surface area contributed by atoms with Crippen molar-refractivity contribution in [1.29, 1.82) is 0 Å². The topological polar surface area (TPSA) is 13.1 Å². The second kappa shape index (κ2) is 4.55. The van der Waals surface area contributed by atoms with Crippen LogP contribution in [0.1, 0.15) is 16.0 Å². The van der Waals surface area contributed by atoms with E-state index in [0.29, 0.717) is 0 Å². The van der Waals surface area contributed by atoms with Crippen molar-refractivity contribution in [2.75, 3.05) is 0 Å². The fourth-order valence-electron chi connectivity index (χ4n) is 1.86. The molecule has 0 radical (unpaired) electrons. The molecule has 0 fully saturated rings. The van der Waals surface area contributed by atoms with Gasteiger partial charge < -0.3 is 4.42 Å². The summed E-state index contributed by atoms with van der Waals surface area (Å²) in [4.78, 5) is 1.28. The van der Waals surface area contributed by atoms with Gasteiger partial charge in [-0.3, -0.25) is 0 Å². The number of rotatable bonds is 3. The van der Waals surface area contributed by atoms with Crippen molar-refractivity contribution in [3.8, 4) is 0 Å². The van der Waals surface area contributed by atoms with Crippen LogP contribution in [-0.4, -0.2) is 0 Å². The lowest BCUT2D eigenvalue weighted by molar-refractivity contribution is 0.541. The average Bonchev–Trinajstić information content (AvgIpc) is 2.96. The predicted molar refractivity (Wildman–Crippen MR) is 72.8 cm³/mol. The SMILES string of the molecule is ClC(Cc1cccs1)c1cc2ccccc2o1. The quantitative estimate of drug-likeness (QED) is 0.604. The maximum atomic E-state index is 6.38. The Morgan fingerprint density at radius 2 is 2.06 bits per heavy atom. The molecule has 86 valence electrons. The second-order valence-electron chi connectivity index (χ2n) is 3.94. The van der Waals surface area contributed by atoms with E-state index in [2.05, 4.69) is 11.4 Å². The molecule has 3 aromatic rings. The van der Waals surface area contributed by atoms with Crippen molar-refractivity contribution in [3.63, 3.8) is 0 Å². The summed E-state index contributed by atoms with van der Waals surface area (Å²) < 4.78 is 5.75. The zero-order chi connectivity index (χ0) is 11.7. The van der Waals surface area contributed by atoms with Crippen molar-refractivity contribution in [2.45, 2.75) is 11.8 Å². The van der Waals surface area contributed by atoms with E-state index in [1.807, 2.05) is 36.4 Å². The van der Waals surface area contributed by atoms with Gasteiger partial charge in [0, 0.05) is 16.7 Å².